The third-order valence-electron chi connectivity index (χ3n) is 2.27. The molecule has 6 heteroatoms. The maximum Gasteiger partial charge on any atom is 0.417 e. The summed E-state index contributed by atoms with van der Waals surface area (Å²) in [6, 6.07) is 4.14. The van der Waals surface area contributed by atoms with E-state index in [2.05, 4.69) is 10.3 Å². The number of nitriles is 1. The molecule has 0 aliphatic heterocycles. The lowest BCUT2D eigenvalue weighted by Crippen LogP contribution is -2.18. The van der Waals surface area contributed by atoms with Gasteiger partial charge in [0.2, 0.25) is 0 Å². The van der Waals surface area contributed by atoms with Crippen molar-refractivity contribution in [2.24, 2.45) is 0 Å². The number of aromatic nitrogens is 1. The molecule has 0 spiro atoms. The number of rotatable bonds is 4. The molecule has 3 nitrogen and oxygen atoms in total. The predicted octanol–water partition coefficient (Wildman–Crippen LogP) is 3.20. The zero-order valence-corrected chi connectivity index (χ0v) is 9.25. The molecule has 1 atom stereocenters. The first-order valence-electron chi connectivity index (χ1n) is 5.14. The number of alkyl halides is 3. The Labute approximate surface area is 97.3 Å². The third-order valence-corrected chi connectivity index (χ3v) is 2.27. The molecule has 1 heterocycles. The summed E-state index contributed by atoms with van der Waals surface area (Å²) in [5.74, 6) is 0.347. The van der Waals surface area contributed by atoms with Gasteiger partial charge in [-0.3, -0.25) is 0 Å². The van der Waals surface area contributed by atoms with Gasteiger partial charge in [0, 0.05) is 12.2 Å². The summed E-state index contributed by atoms with van der Waals surface area (Å²) < 4.78 is 36.8. The number of pyridine rings is 1. The van der Waals surface area contributed by atoms with Crippen molar-refractivity contribution in [1.29, 1.82) is 5.26 Å². The number of hydrogen-bond acceptors (Lipinski definition) is 3. The van der Waals surface area contributed by atoms with E-state index in [4.69, 9.17) is 5.26 Å². The van der Waals surface area contributed by atoms with Crippen LogP contribution in [0.15, 0.2) is 18.3 Å². The summed E-state index contributed by atoms with van der Waals surface area (Å²) in [6.45, 7) is 1.89. The number of anilines is 1. The molecule has 0 aliphatic carbocycles. The van der Waals surface area contributed by atoms with Crippen LogP contribution < -0.4 is 5.32 Å². The van der Waals surface area contributed by atoms with Gasteiger partial charge in [0.1, 0.15) is 5.82 Å². The molecule has 0 bridgehead atoms. The Morgan fingerprint density at radius 1 is 1.47 bits per heavy atom. The van der Waals surface area contributed by atoms with Crippen LogP contribution in [0.2, 0.25) is 0 Å². The Hall–Kier alpha value is -1.77. The first kappa shape index (κ1) is 13.3. The highest BCUT2D eigenvalue weighted by Gasteiger charge is 2.30. The van der Waals surface area contributed by atoms with Crippen LogP contribution in [0, 0.1) is 11.3 Å². The van der Waals surface area contributed by atoms with Gasteiger partial charge in [-0.05, 0) is 18.6 Å². The van der Waals surface area contributed by atoms with Gasteiger partial charge in [-0.2, -0.15) is 18.4 Å². The molecule has 0 saturated heterocycles. The van der Waals surface area contributed by atoms with Crippen LogP contribution in [0.3, 0.4) is 0 Å². The number of hydrogen-bond donors (Lipinski definition) is 1. The van der Waals surface area contributed by atoms with Crippen molar-refractivity contribution >= 4 is 5.82 Å². The van der Waals surface area contributed by atoms with Gasteiger partial charge in [0.05, 0.1) is 18.1 Å². The van der Waals surface area contributed by atoms with Gasteiger partial charge in [-0.1, -0.05) is 6.92 Å². The summed E-state index contributed by atoms with van der Waals surface area (Å²) >= 11 is 0. The van der Waals surface area contributed by atoms with Crippen molar-refractivity contribution in [1.82, 2.24) is 4.98 Å². The van der Waals surface area contributed by atoms with Crippen LogP contribution in [0.25, 0.3) is 0 Å². The maximum absolute atomic E-state index is 12.3. The van der Waals surface area contributed by atoms with Crippen LogP contribution in [0.4, 0.5) is 19.0 Å². The number of halogens is 3. The molecule has 1 N–H and O–H groups in total. The normalized spacial score (nSPS) is 12.9. The van der Waals surface area contributed by atoms with Gasteiger partial charge in [0.25, 0.3) is 0 Å². The van der Waals surface area contributed by atoms with Crippen molar-refractivity contribution < 1.29 is 13.2 Å². The molecule has 1 rings (SSSR count). The predicted molar refractivity (Wildman–Crippen MR) is 57.2 cm³/mol. The molecule has 0 aliphatic rings. The Balaban J connectivity index is 2.72. The van der Waals surface area contributed by atoms with E-state index in [9.17, 15) is 13.2 Å². The van der Waals surface area contributed by atoms with Crippen LogP contribution in [0.1, 0.15) is 25.3 Å². The average molecular weight is 243 g/mol. The lowest BCUT2D eigenvalue weighted by molar-refractivity contribution is -0.137. The second-order valence-electron chi connectivity index (χ2n) is 3.54. The Kier molecular flexibility index (Phi) is 4.32. The maximum atomic E-state index is 12.3. The van der Waals surface area contributed by atoms with Crippen molar-refractivity contribution in [3.63, 3.8) is 0 Å². The van der Waals surface area contributed by atoms with Crippen molar-refractivity contribution in [2.75, 3.05) is 5.32 Å². The van der Waals surface area contributed by atoms with E-state index in [0.717, 1.165) is 12.3 Å². The van der Waals surface area contributed by atoms with E-state index in [-0.39, 0.29) is 6.04 Å². The zero-order valence-electron chi connectivity index (χ0n) is 9.25. The molecule has 92 valence electrons. The quantitative estimate of drug-likeness (QED) is 0.883. The van der Waals surface area contributed by atoms with Crippen LogP contribution in [-0.2, 0) is 6.18 Å². The second-order valence-corrected chi connectivity index (χ2v) is 3.54. The number of nitrogens with zero attached hydrogens (tertiary/aromatic N) is 2. The molecule has 1 aromatic rings. The fourth-order valence-electron chi connectivity index (χ4n) is 1.26. The van der Waals surface area contributed by atoms with Crippen molar-refractivity contribution in [3.8, 4) is 6.07 Å². The van der Waals surface area contributed by atoms with Crippen LogP contribution in [-0.4, -0.2) is 11.0 Å². The zero-order chi connectivity index (χ0) is 12.9. The molecule has 0 aromatic carbocycles. The first-order valence-corrected chi connectivity index (χ1v) is 5.14. The highest BCUT2D eigenvalue weighted by Crippen LogP contribution is 2.28. The summed E-state index contributed by atoms with van der Waals surface area (Å²) in [5, 5.41) is 11.4. The van der Waals surface area contributed by atoms with Crippen LogP contribution >= 0.6 is 0 Å². The highest BCUT2D eigenvalue weighted by molar-refractivity contribution is 5.37. The highest BCUT2D eigenvalue weighted by atomic mass is 19.4. The molecule has 0 fully saturated rings. The van der Waals surface area contributed by atoms with E-state index < -0.39 is 11.7 Å². The molecule has 17 heavy (non-hydrogen) atoms. The monoisotopic (exact) mass is 243 g/mol. The average Bonchev–Trinajstić information content (AvgIpc) is 2.28. The van der Waals surface area contributed by atoms with Crippen molar-refractivity contribution in [2.45, 2.75) is 32.0 Å². The molecule has 0 saturated carbocycles. The topological polar surface area (TPSA) is 48.7 Å². The molecule has 1 aromatic heterocycles. The molecule has 0 unspecified atom stereocenters. The standard InChI is InChI=1S/C11H12F3N3/c1-2-9(5-6-15)17-10-4-3-8(7-16-10)11(12,13)14/h3-4,7,9H,2,5H2,1H3,(H,16,17)/t9-/m1/s1. The fourth-order valence-corrected chi connectivity index (χ4v) is 1.26. The Bertz CT molecular complexity index is 392. The van der Waals surface area contributed by atoms with Gasteiger partial charge in [-0.25, -0.2) is 4.98 Å². The third kappa shape index (κ3) is 3.94. The smallest absolute Gasteiger partial charge is 0.366 e. The second kappa shape index (κ2) is 5.53. The van der Waals surface area contributed by atoms with Crippen molar-refractivity contribution in [3.05, 3.63) is 23.9 Å². The minimum atomic E-state index is -4.37. The SMILES string of the molecule is CC[C@H](CC#N)Nc1ccc(C(F)(F)F)cn1. The van der Waals surface area contributed by atoms with Gasteiger partial charge >= 0.3 is 6.18 Å². The Morgan fingerprint density at radius 3 is 2.59 bits per heavy atom. The van der Waals surface area contributed by atoms with E-state index >= 15 is 0 Å². The van der Waals surface area contributed by atoms with Crippen LogP contribution in [0.5, 0.6) is 0 Å². The molecule has 0 amide bonds. The van der Waals surface area contributed by atoms with Gasteiger partial charge in [0.15, 0.2) is 0 Å². The van der Waals surface area contributed by atoms with E-state index in [1.165, 1.54) is 6.07 Å². The summed E-state index contributed by atoms with van der Waals surface area (Å²) in [5.41, 5.74) is -0.781. The summed E-state index contributed by atoms with van der Waals surface area (Å²) in [4.78, 5) is 3.67. The minimum absolute atomic E-state index is 0.0933. The molecular weight excluding hydrogens is 231 g/mol. The lowest BCUT2D eigenvalue weighted by atomic mass is 10.1. The van der Waals surface area contributed by atoms with E-state index in [0.29, 0.717) is 18.7 Å². The number of nitrogens with one attached hydrogen (secondary N) is 1. The Morgan fingerprint density at radius 2 is 2.18 bits per heavy atom. The lowest BCUT2D eigenvalue weighted by Gasteiger charge is -2.14. The van der Waals surface area contributed by atoms with E-state index in [1.54, 1.807) is 0 Å². The minimum Gasteiger partial charge on any atom is -0.366 e. The largest absolute Gasteiger partial charge is 0.417 e. The van der Waals surface area contributed by atoms with Gasteiger partial charge < -0.3 is 5.32 Å². The fraction of sp³-hybridized carbons (Fsp3) is 0.455. The summed E-state index contributed by atoms with van der Waals surface area (Å²) in [7, 11) is 0. The van der Waals surface area contributed by atoms with Gasteiger partial charge in [-0.15, -0.1) is 0 Å². The molecular formula is C11H12F3N3. The first-order chi connectivity index (χ1) is 7.97. The summed E-state index contributed by atoms with van der Waals surface area (Å²) in [6.07, 6.45) is -2.60. The molecule has 0 radical (unpaired) electrons. The van der Waals surface area contributed by atoms with E-state index in [1.807, 2.05) is 13.0 Å².